The zero-order valence-electron chi connectivity index (χ0n) is 9.93. The number of pyridine rings is 1. The first-order valence-corrected chi connectivity index (χ1v) is 5.87. The van der Waals surface area contributed by atoms with Gasteiger partial charge < -0.3 is 4.90 Å². The van der Waals surface area contributed by atoms with Gasteiger partial charge in [0, 0.05) is 36.9 Å². The van der Waals surface area contributed by atoms with Crippen LogP contribution in [0.5, 0.6) is 0 Å². The normalized spacial score (nSPS) is 24.8. The van der Waals surface area contributed by atoms with E-state index in [0.717, 1.165) is 13.0 Å². The zero-order chi connectivity index (χ0) is 11.5. The summed E-state index contributed by atoms with van der Waals surface area (Å²) in [6.07, 6.45) is 10.5. The van der Waals surface area contributed by atoms with Gasteiger partial charge in [-0.25, -0.2) is 0 Å². The van der Waals surface area contributed by atoms with E-state index in [4.69, 9.17) is 6.42 Å². The van der Waals surface area contributed by atoms with Crippen LogP contribution in [0.2, 0.25) is 0 Å². The fourth-order valence-electron chi connectivity index (χ4n) is 2.75. The van der Waals surface area contributed by atoms with Crippen LogP contribution in [0.1, 0.15) is 31.7 Å². The lowest BCUT2D eigenvalue weighted by Crippen LogP contribution is -2.32. The van der Waals surface area contributed by atoms with E-state index in [9.17, 15) is 0 Å². The van der Waals surface area contributed by atoms with E-state index in [0.29, 0.717) is 17.9 Å². The molecular formula is C14H18N2. The minimum absolute atomic E-state index is 0.453. The molecule has 16 heavy (non-hydrogen) atoms. The summed E-state index contributed by atoms with van der Waals surface area (Å²) in [5, 5.41) is 0. The fraction of sp³-hybridized carbons (Fsp3) is 0.500. The molecule has 1 saturated heterocycles. The van der Waals surface area contributed by atoms with Crippen LogP contribution < -0.4 is 0 Å². The second-order valence-electron chi connectivity index (χ2n) is 4.74. The Bertz CT molecular complexity index is 377. The van der Waals surface area contributed by atoms with Gasteiger partial charge in [-0.2, -0.15) is 0 Å². The molecule has 0 spiro atoms. The smallest absolute Gasteiger partial charge is 0.0464 e. The van der Waals surface area contributed by atoms with Gasteiger partial charge in [0.2, 0.25) is 0 Å². The molecule has 2 unspecified atom stereocenters. The molecule has 1 aliphatic rings. The third-order valence-electron chi connectivity index (χ3n) is 3.41. The zero-order valence-corrected chi connectivity index (χ0v) is 9.93. The van der Waals surface area contributed by atoms with Crippen LogP contribution in [0.3, 0.4) is 0 Å². The molecule has 0 aromatic carbocycles. The highest BCUT2D eigenvalue weighted by Crippen LogP contribution is 2.36. The van der Waals surface area contributed by atoms with Gasteiger partial charge >= 0.3 is 0 Å². The van der Waals surface area contributed by atoms with Crippen LogP contribution in [-0.4, -0.2) is 22.5 Å². The first-order chi connectivity index (χ1) is 7.74. The summed E-state index contributed by atoms with van der Waals surface area (Å²) in [5.74, 6) is 1.11. The highest BCUT2D eigenvalue weighted by atomic mass is 15.2. The Morgan fingerprint density at radius 2 is 2.38 bits per heavy atom. The van der Waals surface area contributed by atoms with Gasteiger partial charge in [0.15, 0.2) is 0 Å². The average Bonchev–Trinajstić information content (AvgIpc) is 2.73. The summed E-state index contributed by atoms with van der Waals surface area (Å²) < 4.78 is 0. The summed E-state index contributed by atoms with van der Waals surface area (Å²) in [4.78, 5) is 6.34. The molecule has 0 N–H and O–H groups in total. The van der Waals surface area contributed by atoms with Crippen molar-refractivity contribution in [2.45, 2.75) is 32.2 Å². The molecule has 84 valence electrons. The van der Waals surface area contributed by atoms with Gasteiger partial charge in [-0.05, 0) is 24.0 Å². The number of rotatable bonds is 2. The number of aromatic nitrogens is 1. The van der Waals surface area contributed by atoms with Gasteiger partial charge in [-0.1, -0.05) is 26.3 Å². The number of nitrogens with zero attached hydrogens (tertiary/aromatic N) is 2. The second kappa shape index (κ2) is 4.57. The Morgan fingerprint density at radius 3 is 2.94 bits per heavy atom. The Labute approximate surface area is 97.7 Å². The monoisotopic (exact) mass is 214 g/mol. The molecule has 1 aromatic heterocycles. The highest BCUT2D eigenvalue weighted by molar-refractivity contribution is 5.21. The molecule has 2 atom stereocenters. The Morgan fingerprint density at radius 1 is 1.56 bits per heavy atom. The van der Waals surface area contributed by atoms with Gasteiger partial charge in [-0.15, -0.1) is 0 Å². The lowest BCUT2D eigenvalue weighted by atomic mass is 9.86. The second-order valence-corrected chi connectivity index (χ2v) is 4.74. The minimum Gasteiger partial charge on any atom is -0.329 e. The van der Waals surface area contributed by atoms with Crippen molar-refractivity contribution < 1.29 is 0 Å². The largest absolute Gasteiger partial charge is 0.329 e. The lowest BCUT2D eigenvalue weighted by molar-refractivity contribution is 0.277. The predicted octanol–water partition coefficient (Wildman–Crippen LogP) is 2.49. The van der Waals surface area contributed by atoms with Gasteiger partial charge in [0.25, 0.3) is 0 Å². The topological polar surface area (TPSA) is 16.1 Å². The quantitative estimate of drug-likeness (QED) is 0.703. The predicted molar refractivity (Wildman–Crippen MR) is 65.8 cm³/mol. The van der Waals surface area contributed by atoms with E-state index >= 15 is 0 Å². The Balaban J connectivity index is 2.26. The average molecular weight is 214 g/mol. The molecule has 1 fully saturated rings. The summed E-state index contributed by atoms with van der Waals surface area (Å²) in [5.41, 5.74) is 1.32. The van der Waals surface area contributed by atoms with Crippen molar-refractivity contribution in [3.8, 4) is 12.5 Å². The van der Waals surface area contributed by atoms with E-state index in [2.05, 4.69) is 35.8 Å². The molecule has 2 nitrogen and oxygen atoms in total. The Hall–Kier alpha value is -1.49. The van der Waals surface area contributed by atoms with E-state index in [1.165, 1.54) is 5.56 Å². The van der Waals surface area contributed by atoms with Crippen LogP contribution in [-0.2, 0) is 0 Å². The van der Waals surface area contributed by atoms with Crippen LogP contribution >= 0.6 is 0 Å². The van der Waals surface area contributed by atoms with Crippen LogP contribution in [0, 0.1) is 18.4 Å². The van der Waals surface area contributed by atoms with Gasteiger partial charge in [-0.3, -0.25) is 4.98 Å². The lowest BCUT2D eigenvalue weighted by Gasteiger charge is -2.28. The first-order valence-electron chi connectivity index (χ1n) is 5.87. The molecule has 2 rings (SSSR count). The maximum absolute atomic E-state index is 5.56. The van der Waals surface area contributed by atoms with Gasteiger partial charge in [0.05, 0.1) is 0 Å². The summed E-state index contributed by atoms with van der Waals surface area (Å²) in [6.45, 7) is 5.48. The molecule has 1 aromatic rings. The number of terminal acetylenes is 1. The number of hydrogen-bond donors (Lipinski definition) is 0. The summed E-state index contributed by atoms with van der Waals surface area (Å²) in [7, 11) is 0. The molecule has 2 heteroatoms. The third-order valence-corrected chi connectivity index (χ3v) is 3.41. The maximum Gasteiger partial charge on any atom is 0.0464 e. The fourth-order valence-corrected chi connectivity index (χ4v) is 2.75. The van der Waals surface area contributed by atoms with Gasteiger partial charge in [0.1, 0.15) is 0 Å². The first kappa shape index (κ1) is 11.0. The minimum atomic E-state index is 0.453. The number of hydrogen-bond acceptors (Lipinski definition) is 2. The van der Waals surface area contributed by atoms with Crippen molar-refractivity contribution in [2.75, 3.05) is 6.54 Å². The third kappa shape index (κ3) is 1.90. The molecule has 1 aliphatic heterocycles. The summed E-state index contributed by atoms with van der Waals surface area (Å²) in [6, 6.07) is 7.43. The molecule has 0 radical (unpaired) electrons. The van der Waals surface area contributed by atoms with E-state index in [-0.39, 0.29) is 0 Å². The van der Waals surface area contributed by atoms with Crippen molar-refractivity contribution in [3.63, 3.8) is 0 Å². The molecule has 0 bridgehead atoms. The molecule has 0 saturated carbocycles. The van der Waals surface area contributed by atoms with Crippen molar-refractivity contribution in [2.24, 2.45) is 5.92 Å². The Kier molecular flexibility index (Phi) is 3.14. The van der Waals surface area contributed by atoms with Crippen LogP contribution in [0.15, 0.2) is 24.5 Å². The van der Waals surface area contributed by atoms with Crippen molar-refractivity contribution in [1.29, 1.82) is 0 Å². The standard InChI is InChI=1S/C14H18N2/c1-4-16-9-7-13(14(16)11(2)3)12-6-5-8-15-10-12/h1,5-6,8,10-11,13-14H,7,9H2,2-3H3. The van der Waals surface area contributed by atoms with E-state index in [1.807, 2.05) is 18.5 Å². The molecular weight excluding hydrogens is 196 g/mol. The number of likely N-dealkylation sites (tertiary alicyclic amines) is 1. The van der Waals surface area contributed by atoms with Crippen LogP contribution in [0.4, 0.5) is 0 Å². The van der Waals surface area contributed by atoms with E-state index in [1.54, 1.807) is 0 Å². The maximum atomic E-state index is 5.56. The van der Waals surface area contributed by atoms with Crippen molar-refractivity contribution in [1.82, 2.24) is 9.88 Å². The van der Waals surface area contributed by atoms with Crippen LogP contribution in [0.25, 0.3) is 0 Å². The summed E-state index contributed by atoms with van der Waals surface area (Å²) >= 11 is 0. The SMILES string of the molecule is C#CN1CCC(c2cccnc2)C1C(C)C. The van der Waals surface area contributed by atoms with E-state index < -0.39 is 0 Å². The molecule has 0 aliphatic carbocycles. The highest BCUT2D eigenvalue weighted by Gasteiger charge is 2.35. The van der Waals surface area contributed by atoms with Crippen molar-refractivity contribution >= 4 is 0 Å². The molecule has 2 heterocycles. The molecule has 0 amide bonds. The van der Waals surface area contributed by atoms with Crippen molar-refractivity contribution in [3.05, 3.63) is 30.1 Å².